The van der Waals surface area contributed by atoms with Crippen LogP contribution in [0.1, 0.15) is 6.92 Å². The van der Waals surface area contributed by atoms with E-state index in [0.29, 0.717) is 5.13 Å². The minimum absolute atomic E-state index is 0.471. The summed E-state index contributed by atoms with van der Waals surface area (Å²) in [5.74, 6) is -0.471. The maximum atomic E-state index is 11.1. The van der Waals surface area contributed by atoms with Crippen LogP contribution in [0.15, 0.2) is 11.6 Å². The number of hydrogen-bond acceptors (Lipinski definition) is 3. The third kappa shape index (κ3) is 2.62. The van der Waals surface area contributed by atoms with Crippen LogP contribution in [-0.2, 0) is 4.79 Å². The van der Waals surface area contributed by atoms with Gasteiger partial charge < -0.3 is 0 Å². The highest BCUT2D eigenvalue weighted by atomic mass is 35.5. The van der Waals surface area contributed by atoms with Gasteiger partial charge in [0.05, 0.1) is 0 Å². The number of carbonyl (C=O) groups excluding carboxylic acids is 1. The summed E-state index contributed by atoms with van der Waals surface area (Å²) in [6, 6.07) is 0. The molecule has 1 N–H and O–H groups in total. The van der Waals surface area contributed by atoms with Crippen molar-refractivity contribution in [1.29, 1.82) is 0 Å². The molecule has 0 atom stereocenters. The van der Waals surface area contributed by atoms with Gasteiger partial charge in [-0.1, -0.05) is 23.2 Å². The fourth-order valence-electron chi connectivity index (χ4n) is 0.492. The quantitative estimate of drug-likeness (QED) is 0.784. The lowest BCUT2D eigenvalue weighted by Crippen LogP contribution is -2.29. The van der Waals surface area contributed by atoms with Crippen LogP contribution in [0.3, 0.4) is 0 Å². The van der Waals surface area contributed by atoms with E-state index < -0.39 is 10.2 Å². The predicted octanol–water partition coefficient (Wildman–Crippen LogP) is 2.28. The number of thiazole rings is 1. The van der Waals surface area contributed by atoms with E-state index in [0.717, 1.165) is 0 Å². The van der Waals surface area contributed by atoms with E-state index >= 15 is 0 Å². The first-order chi connectivity index (χ1) is 5.50. The Labute approximate surface area is 83.7 Å². The number of nitrogens with one attached hydrogen (secondary N) is 1. The first kappa shape index (κ1) is 9.77. The van der Waals surface area contributed by atoms with Gasteiger partial charge in [-0.3, -0.25) is 10.1 Å². The van der Waals surface area contributed by atoms with Crippen LogP contribution in [0.5, 0.6) is 0 Å². The van der Waals surface area contributed by atoms with Crippen LogP contribution in [0.2, 0.25) is 0 Å². The monoisotopic (exact) mass is 224 g/mol. The zero-order chi connectivity index (χ0) is 9.19. The standard InChI is InChI=1S/C6H6Cl2N2OS/c1-6(7,8)4(11)10-5-9-2-3-12-5/h2-3H,1H3,(H,9,10,11). The highest BCUT2D eigenvalue weighted by Crippen LogP contribution is 2.22. The summed E-state index contributed by atoms with van der Waals surface area (Å²) < 4.78 is -1.41. The Hall–Kier alpha value is -0.320. The molecular weight excluding hydrogens is 219 g/mol. The van der Waals surface area contributed by atoms with Crippen molar-refractivity contribution in [2.45, 2.75) is 11.3 Å². The van der Waals surface area contributed by atoms with Gasteiger partial charge in [-0.25, -0.2) is 4.98 Å². The van der Waals surface area contributed by atoms with Crippen LogP contribution in [0.25, 0.3) is 0 Å². The van der Waals surface area contributed by atoms with E-state index in [2.05, 4.69) is 10.3 Å². The number of rotatable bonds is 2. The normalized spacial score (nSPS) is 11.2. The van der Waals surface area contributed by atoms with Crippen molar-refractivity contribution in [2.24, 2.45) is 0 Å². The molecule has 12 heavy (non-hydrogen) atoms. The highest BCUT2D eigenvalue weighted by Gasteiger charge is 2.27. The first-order valence-electron chi connectivity index (χ1n) is 3.09. The van der Waals surface area contributed by atoms with E-state index in [1.165, 1.54) is 18.3 Å². The van der Waals surface area contributed by atoms with Crippen molar-refractivity contribution >= 4 is 45.6 Å². The first-order valence-corrected chi connectivity index (χ1v) is 4.72. The van der Waals surface area contributed by atoms with E-state index in [-0.39, 0.29) is 0 Å². The van der Waals surface area contributed by atoms with Crippen molar-refractivity contribution in [1.82, 2.24) is 4.98 Å². The van der Waals surface area contributed by atoms with Gasteiger partial charge in [0, 0.05) is 11.6 Å². The Morgan fingerprint density at radius 3 is 2.83 bits per heavy atom. The molecule has 1 amide bonds. The van der Waals surface area contributed by atoms with E-state index in [9.17, 15) is 4.79 Å². The highest BCUT2D eigenvalue weighted by molar-refractivity contribution is 7.13. The second-order valence-corrected chi connectivity index (χ2v) is 4.78. The number of halogens is 2. The lowest BCUT2D eigenvalue weighted by Gasteiger charge is -2.10. The average Bonchev–Trinajstić information content (AvgIpc) is 2.37. The van der Waals surface area contributed by atoms with Crippen molar-refractivity contribution in [2.75, 3.05) is 5.32 Å². The molecule has 1 heterocycles. The number of anilines is 1. The van der Waals surface area contributed by atoms with Crippen LogP contribution >= 0.6 is 34.5 Å². The SMILES string of the molecule is CC(Cl)(Cl)C(=O)Nc1nccs1. The molecule has 0 fully saturated rings. The van der Waals surface area contributed by atoms with Gasteiger partial charge in [0.2, 0.25) is 0 Å². The van der Waals surface area contributed by atoms with Gasteiger partial charge in [0.15, 0.2) is 9.46 Å². The van der Waals surface area contributed by atoms with Gasteiger partial charge in [0.25, 0.3) is 5.91 Å². The molecule has 1 aromatic rings. The van der Waals surface area contributed by atoms with Crippen LogP contribution in [0, 0.1) is 0 Å². The summed E-state index contributed by atoms with van der Waals surface area (Å²) in [5.41, 5.74) is 0. The Bertz CT molecular complexity index is 268. The Kier molecular flexibility index (Phi) is 2.93. The molecule has 0 aliphatic heterocycles. The molecule has 0 saturated heterocycles. The number of carbonyl (C=O) groups is 1. The minimum atomic E-state index is -1.41. The summed E-state index contributed by atoms with van der Waals surface area (Å²) in [4.78, 5) is 15.0. The molecule has 0 aliphatic rings. The summed E-state index contributed by atoms with van der Waals surface area (Å²) >= 11 is 12.4. The molecular formula is C6H6Cl2N2OS. The minimum Gasteiger partial charge on any atom is -0.299 e. The molecule has 0 saturated carbocycles. The van der Waals surface area contributed by atoms with Gasteiger partial charge in [-0.15, -0.1) is 11.3 Å². The Morgan fingerprint density at radius 1 is 1.75 bits per heavy atom. The van der Waals surface area contributed by atoms with E-state index in [1.807, 2.05) is 0 Å². The summed E-state index contributed by atoms with van der Waals surface area (Å²) in [7, 11) is 0. The van der Waals surface area contributed by atoms with Crippen molar-refractivity contribution in [3.05, 3.63) is 11.6 Å². The largest absolute Gasteiger partial charge is 0.299 e. The molecule has 0 bridgehead atoms. The second kappa shape index (κ2) is 3.60. The molecule has 0 spiro atoms. The van der Waals surface area contributed by atoms with Gasteiger partial charge in [0.1, 0.15) is 0 Å². The van der Waals surface area contributed by atoms with Gasteiger partial charge in [-0.2, -0.15) is 0 Å². The number of alkyl halides is 2. The van der Waals surface area contributed by atoms with Crippen LogP contribution in [-0.4, -0.2) is 15.2 Å². The summed E-state index contributed by atoms with van der Waals surface area (Å²) in [6.45, 7) is 1.40. The average molecular weight is 225 g/mol. The zero-order valence-electron chi connectivity index (χ0n) is 6.17. The number of hydrogen-bond donors (Lipinski definition) is 1. The second-order valence-electron chi connectivity index (χ2n) is 2.18. The predicted molar refractivity (Wildman–Crippen MR) is 50.9 cm³/mol. The maximum absolute atomic E-state index is 11.1. The molecule has 0 aromatic carbocycles. The number of nitrogens with zero attached hydrogens (tertiary/aromatic N) is 1. The number of aromatic nitrogens is 1. The summed E-state index contributed by atoms with van der Waals surface area (Å²) in [6.07, 6.45) is 1.58. The van der Waals surface area contributed by atoms with Crippen LogP contribution < -0.4 is 5.32 Å². The molecule has 0 unspecified atom stereocenters. The maximum Gasteiger partial charge on any atom is 0.262 e. The molecule has 1 rings (SSSR count). The van der Waals surface area contributed by atoms with E-state index in [4.69, 9.17) is 23.2 Å². The molecule has 6 heteroatoms. The van der Waals surface area contributed by atoms with Crippen molar-refractivity contribution in [3.8, 4) is 0 Å². The molecule has 66 valence electrons. The lowest BCUT2D eigenvalue weighted by molar-refractivity contribution is -0.116. The lowest BCUT2D eigenvalue weighted by atomic mass is 10.4. The fraction of sp³-hybridized carbons (Fsp3) is 0.333. The number of amides is 1. The molecule has 0 radical (unpaired) electrons. The molecule has 1 aromatic heterocycles. The van der Waals surface area contributed by atoms with E-state index in [1.54, 1.807) is 11.6 Å². The third-order valence-corrected chi connectivity index (χ3v) is 2.08. The molecule has 3 nitrogen and oxygen atoms in total. The summed E-state index contributed by atoms with van der Waals surface area (Å²) in [5, 5.41) is 4.70. The third-order valence-electron chi connectivity index (χ3n) is 1.05. The zero-order valence-corrected chi connectivity index (χ0v) is 8.50. The van der Waals surface area contributed by atoms with Crippen molar-refractivity contribution in [3.63, 3.8) is 0 Å². The Balaban J connectivity index is 2.60. The van der Waals surface area contributed by atoms with Crippen LogP contribution in [0.4, 0.5) is 5.13 Å². The van der Waals surface area contributed by atoms with Gasteiger partial charge in [-0.05, 0) is 6.92 Å². The topological polar surface area (TPSA) is 42.0 Å². The van der Waals surface area contributed by atoms with Gasteiger partial charge >= 0.3 is 0 Å². The smallest absolute Gasteiger partial charge is 0.262 e. The molecule has 0 aliphatic carbocycles. The van der Waals surface area contributed by atoms with Crippen molar-refractivity contribution < 1.29 is 4.79 Å². The fourth-order valence-corrected chi connectivity index (χ4v) is 1.11. The Morgan fingerprint density at radius 2 is 2.42 bits per heavy atom.